The summed E-state index contributed by atoms with van der Waals surface area (Å²) in [6.07, 6.45) is -0.0487. The zero-order valence-electron chi connectivity index (χ0n) is 6.57. The van der Waals surface area contributed by atoms with Crippen LogP contribution in [0.5, 0.6) is 0 Å². The molecule has 68 valence electrons. The molecule has 5 heteroatoms. The van der Waals surface area contributed by atoms with Crippen LogP contribution in [0.3, 0.4) is 0 Å². The first-order chi connectivity index (χ1) is 6.18. The first kappa shape index (κ1) is 8.47. The molecule has 0 amide bonds. The van der Waals surface area contributed by atoms with Crippen LogP contribution in [0, 0.1) is 10.1 Å². The van der Waals surface area contributed by atoms with Crippen LogP contribution in [0.25, 0.3) is 0 Å². The molecule has 0 aromatic heterocycles. The lowest BCUT2D eigenvalue weighted by molar-refractivity contribution is -0.384. The minimum absolute atomic E-state index is 0.0487. The van der Waals surface area contributed by atoms with E-state index in [4.69, 9.17) is 16.3 Å². The van der Waals surface area contributed by atoms with Crippen molar-refractivity contribution in [1.82, 2.24) is 0 Å². The second-order valence-corrected chi connectivity index (χ2v) is 3.19. The molecule has 0 N–H and O–H groups in total. The van der Waals surface area contributed by atoms with Crippen molar-refractivity contribution in [3.05, 3.63) is 38.9 Å². The maximum absolute atomic E-state index is 10.4. The summed E-state index contributed by atoms with van der Waals surface area (Å²) >= 11 is 5.83. The van der Waals surface area contributed by atoms with Gasteiger partial charge in [-0.2, -0.15) is 0 Å². The fourth-order valence-electron chi connectivity index (χ4n) is 1.12. The van der Waals surface area contributed by atoms with Gasteiger partial charge in [0, 0.05) is 22.7 Å². The summed E-state index contributed by atoms with van der Waals surface area (Å²) in [4.78, 5) is 9.99. The van der Waals surface area contributed by atoms with E-state index >= 15 is 0 Å². The van der Waals surface area contributed by atoms with Crippen LogP contribution in [0.2, 0.25) is 5.02 Å². The quantitative estimate of drug-likeness (QED) is 0.417. The van der Waals surface area contributed by atoms with Crippen molar-refractivity contribution in [2.24, 2.45) is 0 Å². The van der Waals surface area contributed by atoms with Gasteiger partial charge in [-0.1, -0.05) is 11.6 Å². The highest BCUT2D eigenvalue weighted by Crippen LogP contribution is 2.36. The summed E-state index contributed by atoms with van der Waals surface area (Å²) in [5, 5.41) is 11.0. The van der Waals surface area contributed by atoms with Gasteiger partial charge in [-0.15, -0.1) is 0 Å². The molecule has 0 unspecified atom stereocenters. The molecule has 1 aromatic rings. The highest BCUT2D eigenvalue weighted by atomic mass is 35.5. The van der Waals surface area contributed by atoms with Gasteiger partial charge in [0.2, 0.25) is 0 Å². The molecule has 1 heterocycles. The van der Waals surface area contributed by atoms with Crippen molar-refractivity contribution in [2.75, 3.05) is 6.61 Å². The van der Waals surface area contributed by atoms with E-state index in [1.807, 2.05) is 0 Å². The fourth-order valence-corrected chi connectivity index (χ4v) is 1.36. The van der Waals surface area contributed by atoms with Crippen LogP contribution in [-0.4, -0.2) is 11.5 Å². The van der Waals surface area contributed by atoms with E-state index in [1.54, 1.807) is 0 Å². The first-order valence-corrected chi connectivity index (χ1v) is 4.12. The molecule has 0 radical (unpaired) electrons. The lowest BCUT2D eigenvalue weighted by Crippen LogP contribution is -1.90. The minimum Gasteiger partial charge on any atom is -0.368 e. The Bertz CT molecular complexity index is 362. The summed E-state index contributed by atoms with van der Waals surface area (Å²) in [5.74, 6) is 0. The molecule has 4 nitrogen and oxygen atoms in total. The van der Waals surface area contributed by atoms with Crippen molar-refractivity contribution < 1.29 is 9.66 Å². The molecule has 1 atom stereocenters. The Balaban J connectivity index is 2.41. The van der Waals surface area contributed by atoms with Gasteiger partial charge in [0.1, 0.15) is 6.10 Å². The van der Waals surface area contributed by atoms with E-state index in [0.717, 1.165) is 0 Å². The Morgan fingerprint density at radius 1 is 1.62 bits per heavy atom. The normalized spacial score (nSPS) is 19.9. The molecular weight excluding hydrogens is 194 g/mol. The van der Waals surface area contributed by atoms with E-state index in [1.165, 1.54) is 18.2 Å². The number of nitrogens with zero attached hydrogens (tertiary/aromatic N) is 1. The number of non-ortho nitro benzene ring substituents is 1. The molecule has 1 aromatic carbocycles. The van der Waals surface area contributed by atoms with Crippen LogP contribution in [0.15, 0.2) is 18.2 Å². The van der Waals surface area contributed by atoms with Gasteiger partial charge >= 0.3 is 0 Å². The molecule has 0 saturated carbocycles. The predicted molar refractivity (Wildman–Crippen MR) is 46.8 cm³/mol. The second kappa shape index (κ2) is 2.97. The average Bonchev–Trinajstić information content (AvgIpc) is 2.87. The second-order valence-electron chi connectivity index (χ2n) is 2.78. The number of halogens is 1. The van der Waals surface area contributed by atoms with E-state index < -0.39 is 4.92 Å². The summed E-state index contributed by atoms with van der Waals surface area (Å²) in [6, 6.07) is 4.37. The fraction of sp³-hybridized carbons (Fsp3) is 0.250. The Kier molecular flexibility index (Phi) is 1.94. The standard InChI is InChI=1S/C8H6ClNO3/c9-7-2-1-5(10(11)12)3-6(7)8-4-13-8/h1-3,8H,4H2/t8-/m1/s1. The molecular formula is C8H6ClNO3. The predicted octanol–water partition coefficient (Wildman–Crippen LogP) is 2.32. The van der Waals surface area contributed by atoms with Crippen LogP contribution in [-0.2, 0) is 4.74 Å². The summed E-state index contributed by atoms with van der Waals surface area (Å²) < 4.78 is 5.00. The van der Waals surface area contributed by atoms with E-state index in [0.29, 0.717) is 17.2 Å². The number of hydrogen-bond acceptors (Lipinski definition) is 3. The Hall–Kier alpha value is -1.13. The topological polar surface area (TPSA) is 55.7 Å². The lowest BCUT2D eigenvalue weighted by atomic mass is 10.1. The van der Waals surface area contributed by atoms with Gasteiger partial charge in [0.25, 0.3) is 5.69 Å². The maximum atomic E-state index is 10.4. The Morgan fingerprint density at radius 2 is 2.31 bits per heavy atom. The highest BCUT2D eigenvalue weighted by Gasteiger charge is 2.28. The molecule has 1 saturated heterocycles. The van der Waals surface area contributed by atoms with Gasteiger partial charge < -0.3 is 4.74 Å². The third-order valence-electron chi connectivity index (χ3n) is 1.87. The van der Waals surface area contributed by atoms with Gasteiger partial charge in [0.05, 0.1) is 11.5 Å². The lowest BCUT2D eigenvalue weighted by Gasteiger charge is -1.98. The molecule has 1 fully saturated rings. The minimum atomic E-state index is -0.442. The summed E-state index contributed by atoms with van der Waals surface area (Å²) in [7, 11) is 0. The van der Waals surface area contributed by atoms with Crippen molar-refractivity contribution in [1.29, 1.82) is 0 Å². The number of nitro benzene ring substituents is 1. The number of benzene rings is 1. The molecule has 0 aliphatic carbocycles. The Morgan fingerprint density at radius 3 is 2.85 bits per heavy atom. The summed E-state index contributed by atoms with van der Waals surface area (Å²) in [6.45, 7) is 0.598. The molecule has 13 heavy (non-hydrogen) atoms. The maximum Gasteiger partial charge on any atom is 0.269 e. The number of epoxide rings is 1. The third-order valence-corrected chi connectivity index (χ3v) is 2.21. The van der Waals surface area contributed by atoms with Crippen molar-refractivity contribution in [3.63, 3.8) is 0 Å². The van der Waals surface area contributed by atoms with Gasteiger partial charge in [-0.05, 0) is 6.07 Å². The van der Waals surface area contributed by atoms with Crippen LogP contribution in [0.1, 0.15) is 11.7 Å². The zero-order valence-corrected chi connectivity index (χ0v) is 7.32. The first-order valence-electron chi connectivity index (χ1n) is 3.74. The van der Waals surface area contributed by atoms with Gasteiger partial charge in [0.15, 0.2) is 0 Å². The van der Waals surface area contributed by atoms with E-state index in [-0.39, 0.29) is 11.8 Å². The monoisotopic (exact) mass is 199 g/mol. The molecule has 0 bridgehead atoms. The largest absolute Gasteiger partial charge is 0.368 e. The van der Waals surface area contributed by atoms with Gasteiger partial charge in [-0.25, -0.2) is 0 Å². The molecule has 1 aliphatic rings. The zero-order chi connectivity index (χ0) is 9.42. The molecule has 0 spiro atoms. The number of ether oxygens (including phenoxy) is 1. The van der Waals surface area contributed by atoms with Crippen molar-refractivity contribution in [3.8, 4) is 0 Å². The number of hydrogen-bond donors (Lipinski definition) is 0. The highest BCUT2D eigenvalue weighted by molar-refractivity contribution is 6.31. The van der Waals surface area contributed by atoms with Crippen LogP contribution < -0.4 is 0 Å². The van der Waals surface area contributed by atoms with E-state index in [9.17, 15) is 10.1 Å². The number of nitro groups is 1. The SMILES string of the molecule is O=[N+]([O-])c1ccc(Cl)c([C@H]2CO2)c1. The molecule has 1 aliphatic heterocycles. The average molecular weight is 200 g/mol. The number of rotatable bonds is 2. The van der Waals surface area contributed by atoms with Crippen molar-refractivity contribution in [2.45, 2.75) is 6.10 Å². The van der Waals surface area contributed by atoms with Crippen LogP contribution in [0.4, 0.5) is 5.69 Å². The van der Waals surface area contributed by atoms with Gasteiger partial charge in [-0.3, -0.25) is 10.1 Å². The third kappa shape index (κ3) is 1.64. The Labute approximate surface area is 79.2 Å². The summed E-state index contributed by atoms with van der Waals surface area (Å²) in [5.41, 5.74) is 0.755. The van der Waals surface area contributed by atoms with E-state index in [2.05, 4.69) is 0 Å². The van der Waals surface area contributed by atoms with Crippen LogP contribution >= 0.6 is 11.6 Å². The molecule has 2 rings (SSSR count). The van der Waals surface area contributed by atoms with Crippen molar-refractivity contribution >= 4 is 17.3 Å². The smallest absolute Gasteiger partial charge is 0.269 e.